The molecule has 1 aliphatic rings. The summed E-state index contributed by atoms with van der Waals surface area (Å²) in [7, 11) is 1.71. The smallest absolute Gasteiger partial charge is 0.185 e. The van der Waals surface area contributed by atoms with Crippen LogP contribution in [0, 0.1) is 6.92 Å². The van der Waals surface area contributed by atoms with Crippen LogP contribution >= 0.6 is 23.1 Å². The third-order valence-corrected chi connectivity index (χ3v) is 5.25. The fraction of sp³-hybridized carbons (Fsp3) is 0.400. The van der Waals surface area contributed by atoms with Crippen molar-refractivity contribution in [1.82, 2.24) is 4.98 Å². The number of thiazole rings is 1. The first-order valence-electron chi connectivity index (χ1n) is 6.71. The summed E-state index contributed by atoms with van der Waals surface area (Å²) in [4.78, 5) is 7.19. The van der Waals surface area contributed by atoms with E-state index in [2.05, 4.69) is 29.3 Å². The van der Waals surface area contributed by atoms with Crippen molar-refractivity contribution >= 4 is 28.2 Å². The van der Waals surface area contributed by atoms with Crippen molar-refractivity contribution in [3.8, 4) is 17.0 Å². The van der Waals surface area contributed by atoms with Crippen LogP contribution in [0.25, 0.3) is 11.3 Å². The van der Waals surface area contributed by atoms with Gasteiger partial charge in [0.15, 0.2) is 5.13 Å². The van der Waals surface area contributed by atoms with E-state index in [9.17, 15) is 0 Å². The molecule has 0 aliphatic carbocycles. The highest BCUT2D eigenvalue weighted by molar-refractivity contribution is 7.99. The van der Waals surface area contributed by atoms with E-state index in [1.54, 1.807) is 18.4 Å². The van der Waals surface area contributed by atoms with Gasteiger partial charge < -0.3 is 9.64 Å². The summed E-state index contributed by atoms with van der Waals surface area (Å²) in [6.45, 7) is 4.29. The Hall–Kier alpha value is -1.20. The maximum atomic E-state index is 5.46. The van der Waals surface area contributed by atoms with Gasteiger partial charge in [0, 0.05) is 35.5 Å². The molecule has 1 aromatic carbocycles. The zero-order valence-electron chi connectivity index (χ0n) is 11.8. The van der Waals surface area contributed by atoms with Crippen LogP contribution in [0.2, 0.25) is 0 Å². The van der Waals surface area contributed by atoms with Gasteiger partial charge in [-0.3, -0.25) is 0 Å². The number of anilines is 1. The Morgan fingerprint density at radius 3 is 2.80 bits per heavy atom. The quantitative estimate of drug-likeness (QED) is 0.864. The topological polar surface area (TPSA) is 25.4 Å². The van der Waals surface area contributed by atoms with Gasteiger partial charge in [0.25, 0.3) is 0 Å². The summed E-state index contributed by atoms with van der Waals surface area (Å²) in [6, 6.07) is 6.22. The number of thioether (sulfide) groups is 1. The Morgan fingerprint density at radius 1 is 1.25 bits per heavy atom. The second-order valence-corrected chi connectivity index (χ2v) is 6.88. The molecule has 0 unspecified atom stereocenters. The highest BCUT2D eigenvalue weighted by Crippen LogP contribution is 2.34. The third kappa shape index (κ3) is 2.79. The van der Waals surface area contributed by atoms with E-state index in [4.69, 9.17) is 9.72 Å². The van der Waals surface area contributed by atoms with Crippen LogP contribution in [0.4, 0.5) is 5.13 Å². The zero-order valence-corrected chi connectivity index (χ0v) is 13.4. The number of hydrogen-bond donors (Lipinski definition) is 0. The average Bonchev–Trinajstić information content (AvgIpc) is 2.98. The molecule has 20 heavy (non-hydrogen) atoms. The maximum Gasteiger partial charge on any atom is 0.185 e. The molecular weight excluding hydrogens is 288 g/mol. The van der Waals surface area contributed by atoms with E-state index in [0.717, 1.165) is 35.2 Å². The first-order chi connectivity index (χ1) is 9.78. The monoisotopic (exact) mass is 306 g/mol. The van der Waals surface area contributed by atoms with Crippen molar-refractivity contribution in [3.63, 3.8) is 0 Å². The lowest BCUT2D eigenvalue weighted by atomic mass is 10.1. The number of nitrogens with zero attached hydrogens (tertiary/aromatic N) is 2. The molecule has 0 N–H and O–H groups in total. The minimum absolute atomic E-state index is 0.890. The SMILES string of the molecule is COc1ccc(C)cc1-c1csc(N2CCSCC2)n1. The van der Waals surface area contributed by atoms with E-state index in [1.165, 1.54) is 17.1 Å². The van der Waals surface area contributed by atoms with Crippen molar-refractivity contribution in [2.75, 3.05) is 36.6 Å². The number of rotatable bonds is 3. The summed E-state index contributed by atoms with van der Waals surface area (Å²) < 4.78 is 5.46. The number of methoxy groups -OCH3 is 1. The lowest BCUT2D eigenvalue weighted by Gasteiger charge is -2.25. The fourth-order valence-electron chi connectivity index (χ4n) is 2.31. The predicted octanol–water partition coefficient (Wildman–Crippen LogP) is 3.68. The molecule has 1 saturated heterocycles. The molecule has 1 aromatic heterocycles. The number of benzene rings is 1. The van der Waals surface area contributed by atoms with Crippen LogP contribution < -0.4 is 9.64 Å². The van der Waals surface area contributed by atoms with Gasteiger partial charge in [-0.2, -0.15) is 11.8 Å². The molecule has 1 aliphatic heterocycles. The second kappa shape index (κ2) is 6.06. The fourth-order valence-corrected chi connectivity index (χ4v) is 4.09. The van der Waals surface area contributed by atoms with Crippen LogP contribution in [0.3, 0.4) is 0 Å². The summed E-state index contributed by atoms with van der Waals surface area (Å²) in [6.07, 6.45) is 0. The van der Waals surface area contributed by atoms with E-state index >= 15 is 0 Å². The van der Waals surface area contributed by atoms with Gasteiger partial charge in [0.2, 0.25) is 0 Å². The largest absolute Gasteiger partial charge is 0.496 e. The summed E-state index contributed by atoms with van der Waals surface area (Å²) in [5.74, 6) is 3.28. The summed E-state index contributed by atoms with van der Waals surface area (Å²) in [5, 5.41) is 3.26. The number of hydrogen-bond acceptors (Lipinski definition) is 5. The predicted molar refractivity (Wildman–Crippen MR) is 88.4 cm³/mol. The van der Waals surface area contributed by atoms with Crippen molar-refractivity contribution in [3.05, 3.63) is 29.1 Å². The molecule has 0 amide bonds. The van der Waals surface area contributed by atoms with Gasteiger partial charge in [-0.15, -0.1) is 11.3 Å². The average molecular weight is 306 g/mol. The second-order valence-electron chi connectivity index (χ2n) is 4.82. The summed E-state index contributed by atoms with van der Waals surface area (Å²) >= 11 is 3.75. The Balaban J connectivity index is 1.91. The standard InChI is InChI=1S/C15H18N2OS2/c1-11-3-4-14(18-2)12(9-11)13-10-20-15(16-13)17-5-7-19-8-6-17/h3-4,9-10H,5-8H2,1-2H3. The van der Waals surface area contributed by atoms with E-state index in [1.807, 2.05) is 17.8 Å². The van der Waals surface area contributed by atoms with Crippen LogP contribution in [-0.2, 0) is 0 Å². The molecule has 0 spiro atoms. The first kappa shape index (κ1) is 13.8. The van der Waals surface area contributed by atoms with Gasteiger partial charge in [0.1, 0.15) is 5.75 Å². The van der Waals surface area contributed by atoms with Gasteiger partial charge in [-0.05, 0) is 19.1 Å². The Kier molecular flexibility index (Phi) is 4.17. The lowest BCUT2D eigenvalue weighted by Crippen LogP contribution is -2.32. The molecule has 2 heterocycles. The maximum absolute atomic E-state index is 5.46. The lowest BCUT2D eigenvalue weighted by molar-refractivity contribution is 0.416. The van der Waals surface area contributed by atoms with Crippen LogP contribution in [0.5, 0.6) is 5.75 Å². The molecular formula is C15H18N2OS2. The molecule has 106 valence electrons. The van der Waals surface area contributed by atoms with E-state index < -0.39 is 0 Å². The molecule has 5 heteroatoms. The number of aromatic nitrogens is 1. The minimum Gasteiger partial charge on any atom is -0.496 e. The molecule has 3 nitrogen and oxygen atoms in total. The molecule has 0 atom stereocenters. The number of ether oxygens (including phenoxy) is 1. The molecule has 0 bridgehead atoms. The van der Waals surface area contributed by atoms with Crippen molar-refractivity contribution < 1.29 is 4.74 Å². The van der Waals surface area contributed by atoms with Crippen LogP contribution in [0.1, 0.15) is 5.56 Å². The van der Waals surface area contributed by atoms with E-state index in [0.29, 0.717) is 0 Å². The van der Waals surface area contributed by atoms with Crippen molar-refractivity contribution in [2.24, 2.45) is 0 Å². The normalized spacial score (nSPS) is 15.4. The Bertz CT molecular complexity index is 591. The third-order valence-electron chi connectivity index (χ3n) is 3.40. The summed E-state index contributed by atoms with van der Waals surface area (Å²) in [5.41, 5.74) is 3.33. The molecule has 1 fully saturated rings. The number of aryl methyl sites for hydroxylation is 1. The van der Waals surface area contributed by atoms with Crippen molar-refractivity contribution in [2.45, 2.75) is 6.92 Å². The molecule has 3 rings (SSSR count). The van der Waals surface area contributed by atoms with E-state index in [-0.39, 0.29) is 0 Å². The molecule has 0 radical (unpaired) electrons. The highest BCUT2D eigenvalue weighted by atomic mass is 32.2. The Labute approximate surface area is 128 Å². The van der Waals surface area contributed by atoms with Crippen LogP contribution in [0.15, 0.2) is 23.6 Å². The van der Waals surface area contributed by atoms with Gasteiger partial charge >= 0.3 is 0 Å². The van der Waals surface area contributed by atoms with Gasteiger partial charge in [0.05, 0.1) is 12.8 Å². The zero-order chi connectivity index (χ0) is 13.9. The minimum atomic E-state index is 0.890. The molecule has 0 saturated carbocycles. The highest BCUT2D eigenvalue weighted by Gasteiger charge is 2.16. The first-order valence-corrected chi connectivity index (χ1v) is 8.74. The van der Waals surface area contributed by atoms with Crippen LogP contribution in [-0.4, -0.2) is 36.7 Å². The van der Waals surface area contributed by atoms with Gasteiger partial charge in [-0.25, -0.2) is 4.98 Å². The molecule has 2 aromatic rings. The van der Waals surface area contributed by atoms with Crippen molar-refractivity contribution in [1.29, 1.82) is 0 Å². The van der Waals surface area contributed by atoms with Gasteiger partial charge in [-0.1, -0.05) is 11.6 Å². The Morgan fingerprint density at radius 2 is 2.05 bits per heavy atom.